The second kappa shape index (κ2) is 9.93. The van der Waals surface area contributed by atoms with E-state index in [1.165, 1.54) is 28.0 Å². The van der Waals surface area contributed by atoms with Crippen LogP contribution in [0.3, 0.4) is 0 Å². The first-order valence-corrected chi connectivity index (χ1v) is 17.5. The van der Waals surface area contributed by atoms with Crippen LogP contribution in [0.5, 0.6) is 0 Å². The summed E-state index contributed by atoms with van der Waals surface area (Å²) < 4.78 is 72.7. The van der Waals surface area contributed by atoms with Crippen LogP contribution in [-0.4, -0.2) is 36.4 Å². The number of benzene rings is 4. The smallest absolute Gasteiger partial charge is 0.324 e. The maximum absolute atomic E-state index is 12.2. The Bertz CT molecular complexity index is 2290. The zero-order valence-corrected chi connectivity index (χ0v) is 24.9. The van der Waals surface area contributed by atoms with Crippen molar-refractivity contribution in [1.29, 1.82) is 0 Å². The molecule has 0 saturated carbocycles. The van der Waals surface area contributed by atoms with Gasteiger partial charge in [-0.25, -0.2) is 0 Å². The molecular formula is C29H22N3O6S4+. The topological polar surface area (TPSA) is 121 Å². The van der Waals surface area contributed by atoms with Crippen molar-refractivity contribution < 1.29 is 30.5 Å². The van der Waals surface area contributed by atoms with Crippen molar-refractivity contribution in [3.8, 4) is 5.69 Å². The van der Waals surface area contributed by atoms with Crippen LogP contribution < -0.4 is 9.47 Å². The van der Waals surface area contributed by atoms with Crippen molar-refractivity contribution in [2.45, 2.75) is 10.8 Å². The van der Waals surface area contributed by atoms with Gasteiger partial charge in [0.05, 0.1) is 22.2 Å². The fraction of sp³-hybridized carbons (Fsp3) is 0.0690. The van der Waals surface area contributed by atoms with Crippen LogP contribution in [0, 0.1) is 0 Å². The molecule has 1 aliphatic heterocycles. The predicted octanol–water partition coefficient (Wildman–Crippen LogP) is 5.89. The molecular weight excluding hydrogens is 615 g/mol. The van der Waals surface area contributed by atoms with Crippen LogP contribution in [0.15, 0.2) is 101 Å². The molecule has 6 aromatic rings. The minimum atomic E-state index is -4.45. The molecule has 3 heterocycles. The van der Waals surface area contributed by atoms with Crippen molar-refractivity contribution in [3.63, 3.8) is 0 Å². The van der Waals surface area contributed by atoms with E-state index >= 15 is 0 Å². The molecule has 0 radical (unpaired) electrons. The third kappa shape index (κ3) is 4.97. The summed E-state index contributed by atoms with van der Waals surface area (Å²) in [6.45, 7) is 0. The van der Waals surface area contributed by atoms with Crippen molar-refractivity contribution in [1.82, 2.24) is 4.57 Å². The zero-order valence-electron chi connectivity index (χ0n) is 21.7. The van der Waals surface area contributed by atoms with E-state index in [1.807, 2.05) is 95.8 Å². The van der Waals surface area contributed by atoms with Gasteiger partial charge in [0, 0.05) is 23.0 Å². The number of hydrogen-bond donors (Lipinski definition) is 2. The van der Waals surface area contributed by atoms with Crippen LogP contribution in [0.25, 0.3) is 43.5 Å². The van der Waals surface area contributed by atoms with Crippen LogP contribution in [0.4, 0.5) is 5.69 Å². The lowest BCUT2D eigenvalue weighted by Gasteiger charge is -2.19. The summed E-state index contributed by atoms with van der Waals surface area (Å²) >= 11 is 2.64. The van der Waals surface area contributed by atoms with Gasteiger partial charge in [0.2, 0.25) is 5.52 Å². The Kier molecular flexibility index (Phi) is 6.42. The van der Waals surface area contributed by atoms with Gasteiger partial charge in [-0.2, -0.15) is 21.4 Å². The largest absolute Gasteiger partial charge is 0.326 e. The van der Waals surface area contributed by atoms with Crippen LogP contribution >= 0.6 is 23.1 Å². The molecule has 42 heavy (non-hydrogen) atoms. The third-order valence-corrected chi connectivity index (χ3v) is 10.4. The second-order valence-electron chi connectivity index (χ2n) is 9.84. The standard InChI is InChI=1S/C29H21N3O6S4/c33-41(34,35)17-31-24-15-20(30-13-3-4-14-30)8-11-25(24)39-27(31)16-28-32(18-42(36,37)38)29-23-9-7-19-5-1-2-6-21(19)22(23)10-12-26(29)40-28/h1-16H,17-18H2,(H-,33,34,35,36,37,38)/p+1. The highest BCUT2D eigenvalue weighted by Crippen LogP contribution is 2.48. The summed E-state index contributed by atoms with van der Waals surface area (Å²) in [7, 11) is -8.88. The Morgan fingerprint density at radius 2 is 1.57 bits per heavy atom. The number of anilines is 1. The highest BCUT2D eigenvalue weighted by molar-refractivity contribution is 8.04. The molecule has 0 fully saturated rings. The lowest BCUT2D eigenvalue weighted by molar-refractivity contribution is -0.648. The number of hydrogen-bond acceptors (Lipinski definition) is 7. The van der Waals surface area contributed by atoms with E-state index in [-0.39, 0.29) is 0 Å². The van der Waals surface area contributed by atoms with Gasteiger partial charge >= 0.3 is 10.1 Å². The highest BCUT2D eigenvalue weighted by Gasteiger charge is 2.32. The van der Waals surface area contributed by atoms with E-state index in [1.54, 1.807) is 10.6 Å². The molecule has 212 valence electrons. The number of thioether (sulfide) groups is 1. The fourth-order valence-corrected chi connectivity index (χ4v) is 8.99. The summed E-state index contributed by atoms with van der Waals surface area (Å²) in [6.07, 6.45) is 5.45. The van der Waals surface area contributed by atoms with Crippen molar-refractivity contribution in [2.24, 2.45) is 0 Å². The Morgan fingerprint density at radius 3 is 2.33 bits per heavy atom. The zero-order chi connectivity index (χ0) is 29.2. The summed E-state index contributed by atoms with van der Waals surface area (Å²) in [5.41, 5.74) is 2.04. The number of rotatable bonds is 6. The number of fused-ring (bicyclic) bond motifs is 6. The summed E-state index contributed by atoms with van der Waals surface area (Å²) in [5, 5.41) is 4.80. The Hall–Kier alpha value is -3.72. The molecule has 0 amide bonds. The Balaban J connectivity index is 1.44. The van der Waals surface area contributed by atoms with Crippen molar-refractivity contribution in [2.75, 3.05) is 10.8 Å². The molecule has 1 aliphatic rings. The molecule has 9 nitrogen and oxygen atoms in total. The molecule has 2 N–H and O–H groups in total. The number of aromatic nitrogens is 2. The first kappa shape index (κ1) is 27.1. The molecule has 0 bridgehead atoms. The molecule has 2 aromatic heterocycles. The van der Waals surface area contributed by atoms with Gasteiger partial charge in [-0.1, -0.05) is 59.5 Å². The molecule has 13 heteroatoms. The lowest BCUT2D eigenvalue weighted by Crippen LogP contribution is -2.39. The molecule has 0 aliphatic carbocycles. The first-order chi connectivity index (χ1) is 20.0. The van der Waals surface area contributed by atoms with Crippen molar-refractivity contribution >= 4 is 86.9 Å². The molecule has 0 unspecified atom stereocenters. The molecule has 0 atom stereocenters. The Labute approximate surface area is 249 Å². The first-order valence-electron chi connectivity index (χ1n) is 12.7. The van der Waals surface area contributed by atoms with Crippen LogP contribution in [0.1, 0.15) is 5.01 Å². The maximum atomic E-state index is 12.2. The van der Waals surface area contributed by atoms with Gasteiger partial charge in [-0.05, 0) is 58.6 Å². The van der Waals surface area contributed by atoms with Gasteiger partial charge in [0.25, 0.3) is 21.0 Å². The van der Waals surface area contributed by atoms with Gasteiger partial charge in [-0.3, -0.25) is 9.11 Å². The SMILES string of the molecule is O=S(=O)(O)CN1C(=Cc2sc3ccc4c5ccccc5ccc4c3[n+]2CS(=O)(=O)O)Sc2ccc(-n3cccc3)cc21. The molecule has 0 saturated heterocycles. The second-order valence-corrected chi connectivity index (χ2v) is 14.8. The van der Waals surface area contributed by atoms with Crippen LogP contribution in [0.2, 0.25) is 0 Å². The average molecular weight is 637 g/mol. The van der Waals surface area contributed by atoms with E-state index in [4.69, 9.17) is 0 Å². The van der Waals surface area contributed by atoms with Gasteiger partial charge in [-0.15, -0.1) is 0 Å². The van der Waals surface area contributed by atoms with E-state index in [2.05, 4.69) is 0 Å². The predicted molar refractivity (Wildman–Crippen MR) is 167 cm³/mol. The monoisotopic (exact) mass is 636 g/mol. The molecule has 4 aromatic carbocycles. The maximum Gasteiger partial charge on any atom is 0.326 e. The lowest BCUT2D eigenvalue weighted by atomic mass is 10.0. The Morgan fingerprint density at radius 1 is 0.810 bits per heavy atom. The highest BCUT2D eigenvalue weighted by atomic mass is 32.2. The molecule has 0 spiro atoms. The minimum Gasteiger partial charge on any atom is -0.324 e. The third-order valence-electron chi connectivity index (χ3n) is 7.06. The van der Waals surface area contributed by atoms with Crippen molar-refractivity contribution in [3.05, 3.63) is 101 Å². The van der Waals surface area contributed by atoms with E-state index in [0.717, 1.165) is 36.8 Å². The normalized spacial score (nSPS) is 14.9. The van der Waals surface area contributed by atoms with Crippen LogP contribution in [-0.2, 0) is 26.1 Å². The van der Waals surface area contributed by atoms with E-state index < -0.39 is 32.0 Å². The molecule has 7 rings (SSSR count). The number of nitrogens with zero attached hydrogens (tertiary/aromatic N) is 3. The van der Waals surface area contributed by atoms with E-state index in [9.17, 15) is 25.9 Å². The van der Waals surface area contributed by atoms with Gasteiger partial charge in [0.15, 0.2) is 5.88 Å². The van der Waals surface area contributed by atoms with Gasteiger partial charge in [0.1, 0.15) is 4.70 Å². The number of thiazole rings is 1. The summed E-state index contributed by atoms with van der Waals surface area (Å²) in [6, 6.07) is 25.1. The van der Waals surface area contributed by atoms with Gasteiger partial charge < -0.3 is 9.47 Å². The van der Waals surface area contributed by atoms with E-state index in [0.29, 0.717) is 21.2 Å². The average Bonchev–Trinajstić information content (AvgIpc) is 3.66. The fourth-order valence-electron chi connectivity index (χ4n) is 5.36. The quantitative estimate of drug-likeness (QED) is 0.132. The summed E-state index contributed by atoms with van der Waals surface area (Å²) in [5.74, 6) is -1.38. The summed E-state index contributed by atoms with van der Waals surface area (Å²) in [4.78, 5) is 2.27. The minimum absolute atomic E-state index is 0.484.